The van der Waals surface area contributed by atoms with Crippen LogP contribution in [-0.4, -0.2) is 51.5 Å². The summed E-state index contributed by atoms with van der Waals surface area (Å²) >= 11 is 0. The summed E-state index contributed by atoms with van der Waals surface area (Å²) in [6, 6.07) is 1.02. The molecule has 1 aliphatic rings. The zero-order chi connectivity index (χ0) is 23.8. The van der Waals surface area contributed by atoms with Crippen molar-refractivity contribution in [1.29, 1.82) is 0 Å². The molecule has 2 aromatic rings. The molecule has 1 saturated carbocycles. The molecule has 2 unspecified atom stereocenters. The quantitative estimate of drug-likeness (QED) is 0.628. The lowest BCUT2D eigenvalue weighted by atomic mass is 10.1. The van der Waals surface area contributed by atoms with E-state index in [9.17, 15) is 36.2 Å². The van der Waals surface area contributed by atoms with Crippen molar-refractivity contribution in [2.24, 2.45) is 5.92 Å². The Balaban J connectivity index is 1.83. The maximum atomic E-state index is 12.8. The van der Waals surface area contributed by atoms with E-state index in [-0.39, 0.29) is 17.1 Å². The predicted octanol–water partition coefficient (Wildman–Crippen LogP) is 4.10. The first-order chi connectivity index (χ1) is 14.8. The molecule has 3 rings (SSSR count). The average Bonchev–Trinajstić information content (AvgIpc) is 3.18. The highest BCUT2D eigenvalue weighted by molar-refractivity contribution is 5.95. The van der Waals surface area contributed by atoms with Crippen molar-refractivity contribution in [3.63, 3.8) is 0 Å². The number of rotatable bonds is 6. The number of alkyl halides is 6. The number of pyridine rings is 1. The van der Waals surface area contributed by atoms with Crippen LogP contribution in [0, 0.1) is 19.8 Å². The number of ether oxygens (including phenoxy) is 1. The van der Waals surface area contributed by atoms with E-state index in [1.54, 1.807) is 20.0 Å². The SMILES string of the molecule is Cc1cc(OCCC(C(F)(F)F)C(F)(F)F)c2nc(C)c(C(=O)NC3CCCC3O)n2c1. The van der Waals surface area contributed by atoms with Gasteiger partial charge in [0.1, 0.15) is 5.69 Å². The van der Waals surface area contributed by atoms with Gasteiger partial charge in [0.25, 0.3) is 5.91 Å². The maximum Gasteiger partial charge on any atom is 0.400 e. The van der Waals surface area contributed by atoms with Gasteiger partial charge in [0, 0.05) is 12.6 Å². The predicted molar refractivity (Wildman–Crippen MR) is 101 cm³/mol. The Morgan fingerprint density at radius 3 is 2.47 bits per heavy atom. The molecule has 0 bridgehead atoms. The molecule has 12 heteroatoms. The van der Waals surface area contributed by atoms with Crippen LogP contribution < -0.4 is 10.1 Å². The molecule has 2 aromatic heterocycles. The van der Waals surface area contributed by atoms with E-state index < -0.39 is 49.4 Å². The van der Waals surface area contributed by atoms with Crippen molar-refractivity contribution >= 4 is 11.6 Å². The zero-order valence-corrected chi connectivity index (χ0v) is 17.3. The monoisotopic (exact) mass is 467 g/mol. The molecule has 2 atom stereocenters. The minimum atomic E-state index is -5.44. The Hall–Kier alpha value is -2.50. The van der Waals surface area contributed by atoms with Gasteiger partial charge in [-0.1, -0.05) is 0 Å². The molecule has 0 saturated heterocycles. The summed E-state index contributed by atoms with van der Waals surface area (Å²) in [5, 5.41) is 12.7. The molecule has 1 aliphatic carbocycles. The van der Waals surface area contributed by atoms with Crippen LogP contribution in [-0.2, 0) is 0 Å². The minimum Gasteiger partial charge on any atom is -0.490 e. The van der Waals surface area contributed by atoms with E-state index in [4.69, 9.17) is 4.74 Å². The molecular weight excluding hydrogens is 444 g/mol. The number of aliphatic hydroxyl groups is 1. The second-order valence-electron chi connectivity index (χ2n) is 7.97. The molecule has 0 aliphatic heterocycles. The summed E-state index contributed by atoms with van der Waals surface area (Å²) in [6.07, 6.45) is -9.31. The van der Waals surface area contributed by atoms with Crippen molar-refractivity contribution in [3.8, 4) is 5.75 Å². The first-order valence-electron chi connectivity index (χ1n) is 10.0. The second-order valence-corrected chi connectivity index (χ2v) is 7.97. The molecular formula is C20H23F6N3O3. The molecule has 6 nitrogen and oxygen atoms in total. The van der Waals surface area contributed by atoms with E-state index in [2.05, 4.69) is 10.3 Å². The molecule has 0 aromatic carbocycles. The van der Waals surface area contributed by atoms with Gasteiger partial charge in [-0.05, 0) is 44.7 Å². The molecule has 1 fully saturated rings. The van der Waals surface area contributed by atoms with Crippen LogP contribution in [0.1, 0.15) is 47.4 Å². The lowest BCUT2D eigenvalue weighted by Gasteiger charge is -2.22. The number of carbonyl (C=O) groups excluding carboxylic acids is 1. The fraction of sp³-hybridized carbons (Fsp3) is 0.600. The number of hydrogen-bond acceptors (Lipinski definition) is 4. The molecule has 178 valence electrons. The first kappa shape index (κ1) is 24.1. The minimum absolute atomic E-state index is 0.0313. The summed E-state index contributed by atoms with van der Waals surface area (Å²) in [6.45, 7) is 2.35. The van der Waals surface area contributed by atoms with E-state index in [0.717, 1.165) is 6.42 Å². The Morgan fingerprint density at radius 1 is 1.25 bits per heavy atom. The van der Waals surface area contributed by atoms with Crippen LogP contribution in [0.2, 0.25) is 0 Å². The first-order valence-corrected chi connectivity index (χ1v) is 10.0. The Labute approximate surface area is 179 Å². The lowest BCUT2D eigenvalue weighted by Crippen LogP contribution is -2.40. The largest absolute Gasteiger partial charge is 0.490 e. The van der Waals surface area contributed by atoms with E-state index in [1.165, 1.54) is 10.5 Å². The van der Waals surface area contributed by atoms with Gasteiger partial charge in [-0.2, -0.15) is 26.3 Å². The lowest BCUT2D eigenvalue weighted by molar-refractivity contribution is -0.286. The number of nitrogens with zero attached hydrogens (tertiary/aromatic N) is 2. The van der Waals surface area contributed by atoms with Crippen molar-refractivity contribution in [2.45, 2.75) is 64.0 Å². The third-order valence-corrected chi connectivity index (χ3v) is 5.46. The summed E-state index contributed by atoms with van der Waals surface area (Å²) in [7, 11) is 0. The summed E-state index contributed by atoms with van der Waals surface area (Å²) in [4.78, 5) is 17.0. The topological polar surface area (TPSA) is 75.9 Å². The number of aryl methyl sites for hydroxylation is 2. The van der Waals surface area contributed by atoms with E-state index >= 15 is 0 Å². The normalized spacial score (nSPS) is 19.7. The van der Waals surface area contributed by atoms with Gasteiger partial charge in [0.05, 0.1) is 24.4 Å². The Bertz CT molecular complexity index is 972. The summed E-state index contributed by atoms with van der Waals surface area (Å²) in [5.74, 6) is -4.03. The van der Waals surface area contributed by atoms with Gasteiger partial charge in [-0.25, -0.2) is 4.98 Å². The van der Waals surface area contributed by atoms with Crippen molar-refractivity contribution in [2.75, 3.05) is 6.61 Å². The van der Waals surface area contributed by atoms with Gasteiger partial charge in [-0.3, -0.25) is 9.20 Å². The standard InChI is InChI=1S/C20H23F6N3O3/c1-10-8-14(32-7-6-15(19(21,22)23)20(24,25)26)17-27-11(2)16(29(17)9-10)18(31)28-12-4-3-5-13(12)30/h8-9,12-13,15,30H,3-7H2,1-2H3,(H,28,31). The summed E-state index contributed by atoms with van der Waals surface area (Å²) in [5.41, 5.74) is 1.11. The van der Waals surface area contributed by atoms with Gasteiger partial charge in [0.15, 0.2) is 17.3 Å². The molecule has 2 heterocycles. The number of hydrogen-bond donors (Lipinski definition) is 2. The molecule has 2 N–H and O–H groups in total. The van der Waals surface area contributed by atoms with Gasteiger partial charge >= 0.3 is 12.4 Å². The van der Waals surface area contributed by atoms with Crippen LogP contribution in [0.25, 0.3) is 5.65 Å². The van der Waals surface area contributed by atoms with Crippen molar-refractivity contribution in [3.05, 3.63) is 29.2 Å². The zero-order valence-electron chi connectivity index (χ0n) is 17.3. The number of aromatic nitrogens is 2. The second kappa shape index (κ2) is 8.80. The molecule has 32 heavy (non-hydrogen) atoms. The van der Waals surface area contributed by atoms with Crippen molar-refractivity contribution < 1.29 is 41.0 Å². The van der Waals surface area contributed by atoms with Gasteiger partial charge < -0.3 is 15.2 Å². The number of nitrogens with one attached hydrogen (secondary N) is 1. The van der Waals surface area contributed by atoms with Crippen LogP contribution in [0.15, 0.2) is 12.3 Å². The number of carbonyl (C=O) groups is 1. The average molecular weight is 467 g/mol. The highest BCUT2D eigenvalue weighted by Gasteiger charge is 2.56. The highest BCUT2D eigenvalue weighted by Crippen LogP contribution is 2.41. The number of halogens is 6. The summed E-state index contributed by atoms with van der Waals surface area (Å²) < 4.78 is 83.1. The number of aliphatic hydroxyl groups excluding tert-OH is 1. The molecule has 0 spiro atoms. The fourth-order valence-corrected chi connectivity index (χ4v) is 3.88. The van der Waals surface area contributed by atoms with Crippen LogP contribution in [0.5, 0.6) is 5.75 Å². The van der Waals surface area contributed by atoms with Crippen molar-refractivity contribution in [1.82, 2.24) is 14.7 Å². The van der Waals surface area contributed by atoms with E-state index in [1.807, 2.05) is 0 Å². The third kappa shape index (κ3) is 5.11. The number of fused-ring (bicyclic) bond motifs is 1. The maximum absolute atomic E-state index is 12.8. The van der Waals surface area contributed by atoms with Gasteiger partial charge in [-0.15, -0.1) is 0 Å². The third-order valence-electron chi connectivity index (χ3n) is 5.46. The van der Waals surface area contributed by atoms with Crippen LogP contribution >= 0.6 is 0 Å². The van der Waals surface area contributed by atoms with Crippen LogP contribution in [0.4, 0.5) is 26.3 Å². The molecule has 1 amide bonds. The number of imidazole rings is 1. The van der Waals surface area contributed by atoms with E-state index in [0.29, 0.717) is 24.1 Å². The molecule has 0 radical (unpaired) electrons. The van der Waals surface area contributed by atoms with Gasteiger partial charge in [0.2, 0.25) is 0 Å². The Morgan fingerprint density at radius 2 is 1.91 bits per heavy atom. The number of amides is 1. The van der Waals surface area contributed by atoms with Crippen LogP contribution in [0.3, 0.4) is 0 Å². The smallest absolute Gasteiger partial charge is 0.400 e. The Kier molecular flexibility index (Phi) is 6.64. The highest BCUT2D eigenvalue weighted by atomic mass is 19.4. The fourth-order valence-electron chi connectivity index (χ4n) is 3.88.